The summed E-state index contributed by atoms with van der Waals surface area (Å²) in [7, 11) is 1.48. The van der Waals surface area contributed by atoms with E-state index in [9.17, 15) is 9.59 Å². The van der Waals surface area contributed by atoms with E-state index in [2.05, 4.69) is 20.7 Å². The minimum atomic E-state index is -0.579. The quantitative estimate of drug-likeness (QED) is 0.511. The van der Waals surface area contributed by atoms with Crippen molar-refractivity contribution >= 4 is 23.3 Å². The molecule has 140 valence electrons. The number of ether oxygens (including phenoxy) is 1. The molecule has 28 heavy (non-hydrogen) atoms. The van der Waals surface area contributed by atoms with Crippen molar-refractivity contribution in [3.05, 3.63) is 84.2 Å². The van der Waals surface area contributed by atoms with E-state index in [-0.39, 0.29) is 0 Å². The summed E-state index contributed by atoms with van der Waals surface area (Å²) in [6.07, 6.45) is 3.02. The van der Waals surface area contributed by atoms with Gasteiger partial charge in [-0.05, 0) is 48.5 Å². The lowest BCUT2D eigenvalue weighted by atomic mass is 10.2. The molecule has 1 aromatic heterocycles. The molecule has 8 nitrogen and oxygen atoms in total. The van der Waals surface area contributed by atoms with Crippen LogP contribution in [-0.4, -0.2) is 24.0 Å². The minimum absolute atomic E-state index is 0.303. The van der Waals surface area contributed by atoms with Gasteiger partial charge in [-0.2, -0.15) is 0 Å². The van der Waals surface area contributed by atoms with Gasteiger partial charge in [-0.3, -0.25) is 9.78 Å². The summed E-state index contributed by atoms with van der Waals surface area (Å²) in [6, 6.07) is 16.4. The number of carbonyl (C=O) groups excluding carboxylic acids is 2. The van der Waals surface area contributed by atoms with Gasteiger partial charge in [-0.25, -0.2) is 10.3 Å². The average molecular weight is 376 g/mol. The summed E-state index contributed by atoms with van der Waals surface area (Å²) in [5.74, 6) is -0.622. The molecule has 1 amide bonds. The fourth-order valence-electron chi connectivity index (χ4n) is 2.23. The van der Waals surface area contributed by atoms with Crippen molar-refractivity contribution in [1.82, 2.24) is 4.98 Å². The number of para-hydroxylation sites is 1. The highest BCUT2D eigenvalue weighted by atomic mass is 16.7. The summed E-state index contributed by atoms with van der Waals surface area (Å²) < 4.78 is 5.13. The van der Waals surface area contributed by atoms with Crippen LogP contribution >= 0.6 is 0 Å². The number of nitrogens with zero attached hydrogens (tertiary/aromatic N) is 3. The SMILES string of the molecule is COc1ccccc1C(=O)ONc1ccc(N=NC(=O)c2ccncc2)cc1. The van der Waals surface area contributed by atoms with Crippen LogP contribution in [0.25, 0.3) is 0 Å². The van der Waals surface area contributed by atoms with Gasteiger partial charge in [0.2, 0.25) is 0 Å². The van der Waals surface area contributed by atoms with Crippen molar-refractivity contribution in [3.63, 3.8) is 0 Å². The largest absolute Gasteiger partial charge is 0.496 e. The van der Waals surface area contributed by atoms with Gasteiger partial charge >= 0.3 is 5.97 Å². The Morgan fingerprint density at radius 1 is 0.964 bits per heavy atom. The topological polar surface area (TPSA) is 102 Å². The highest BCUT2D eigenvalue weighted by Gasteiger charge is 2.13. The molecule has 0 aliphatic carbocycles. The first-order valence-corrected chi connectivity index (χ1v) is 8.24. The Morgan fingerprint density at radius 2 is 1.68 bits per heavy atom. The maximum Gasteiger partial charge on any atom is 0.366 e. The van der Waals surface area contributed by atoms with Crippen molar-refractivity contribution in [2.75, 3.05) is 12.6 Å². The van der Waals surface area contributed by atoms with Crippen molar-refractivity contribution in [2.24, 2.45) is 10.2 Å². The number of amides is 1. The summed E-state index contributed by atoms with van der Waals surface area (Å²) in [6.45, 7) is 0. The van der Waals surface area contributed by atoms with E-state index in [4.69, 9.17) is 9.57 Å². The molecule has 0 bridgehead atoms. The second kappa shape index (κ2) is 9.04. The third-order valence-electron chi connectivity index (χ3n) is 3.64. The number of methoxy groups -OCH3 is 1. The van der Waals surface area contributed by atoms with Gasteiger partial charge in [0.25, 0.3) is 5.91 Å². The lowest BCUT2D eigenvalue weighted by molar-refractivity contribution is 0.0592. The first-order valence-electron chi connectivity index (χ1n) is 8.24. The molecule has 0 aliphatic rings. The summed E-state index contributed by atoms with van der Waals surface area (Å²) in [5.41, 5.74) is 4.27. The average Bonchev–Trinajstić information content (AvgIpc) is 2.77. The Balaban J connectivity index is 1.58. The van der Waals surface area contributed by atoms with Gasteiger partial charge in [0, 0.05) is 18.0 Å². The normalized spacial score (nSPS) is 10.5. The number of pyridine rings is 1. The predicted octanol–water partition coefficient (Wildman–Crippen LogP) is 4.20. The zero-order valence-electron chi connectivity index (χ0n) is 14.9. The number of carbonyl (C=O) groups is 2. The molecule has 0 unspecified atom stereocenters. The molecule has 8 heteroatoms. The first-order chi connectivity index (χ1) is 13.7. The number of anilines is 1. The van der Waals surface area contributed by atoms with E-state index in [1.165, 1.54) is 19.5 Å². The van der Waals surface area contributed by atoms with Crippen molar-refractivity contribution in [1.29, 1.82) is 0 Å². The monoisotopic (exact) mass is 376 g/mol. The van der Waals surface area contributed by atoms with Crippen LogP contribution in [0.3, 0.4) is 0 Å². The number of azo groups is 1. The predicted molar refractivity (Wildman–Crippen MR) is 102 cm³/mol. The van der Waals surface area contributed by atoms with Crippen LogP contribution < -0.4 is 10.2 Å². The van der Waals surface area contributed by atoms with Crippen LogP contribution in [-0.2, 0) is 4.84 Å². The molecule has 0 atom stereocenters. The number of hydrogen-bond donors (Lipinski definition) is 1. The number of aromatic nitrogens is 1. The number of nitrogens with one attached hydrogen (secondary N) is 1. The highest BCUT2D eigenvalue weighted by Crippen LogP contribution is 2.20. The molecule has 0 saturated carbocycles. The van der Waals surface area contributed by atoms with Crippen molar-refractivity contribution in [3.8, 4) is 5.75 Å². The molecule has 0 saturated heterocycles. The van der Waals surface area contributed by atoms with Crippen LogP contribution in [0.2, 0.25) is 0 Å². The molecule has 1 heterocycles. The van der Waals surface area contributed by atoms with Crippen LogP contribution in [0.1, 0.15) is 20.7 Å². The standard InChI is InChI=1S/C20H16N4O4/c1-27-18-5-3-2-4-17(18)20(26)28-24-16-8-6-15(7-9-16)22-23-19(25)14-10-12-21-13-11-14/h2-13,24H,1H3. The molecule has 0 spiro atoms. The fourth-order valence-corrected chi connectivity index (χ4v) is 2.23. The highest BCUT2D eigenvalue weighted by molar-refractivity contribution is 5.94. The van der Waals surface area contributed by atoms with Gasteiger partial charge < -0.3 is 9.57 Å². The molecular weight excluding hydrogens is 360 g/mol. The van der Waals surface area contributed by atoms with E-state index < -0.39 is 11.9 Å². The Labute approximate surface area is 160 Å². The van der Waals surface area contributed by atoms with E-state index in [0.717, 1.165) is 0 Å². The van der Waals surface area contributed by atoms with Gasteiger partial charge in [0.1, 0.15) is 11.3 Å². The van der Waals surface area contributed by atoms with Crippen LogP contribution in [0.5, 0.6) is 5.75 Å². The zero-order valence-corrected chi connectivity index (χ0v) is 14.9. The minimum Gasteiger partial charge on any atom is -0.496 e. The molecule has 3 rings (SSSR count). The Bertz CT molecular complexity index is 989. The number of benzene rings is 2. The maximum atomic E-state index is 12.1. The molecular formula is C20H16N4O4. The van der Waals surface area contributed by atoms with Gasteiger partial charge in [0.05, 0.1) is 18.5 Å². The van der Waals surface area contributed by atoms with Crippen LogP contribution in [0.4, 0.5) is 11.4 Å². The van der Waals surface area contributed by atoms with Crippen molar-refractivity contribution in [2.45, 2.75) is 0 Å². The lowest BCUT2D eigenvalue weighted by Crippen LogP contribution is -2.11. The smallest absolute Gasteiger partial charge is 0.366 e. The number of hydrogen-bond acceptors (Lipinski definition) is 7. The summed E-state index contributed by atoms with van der Waals surface area (Å²) in [5, 5.41) is 7.56. The molecule has 1 N–H and O–H groups in total. The van der Waals surface area contributed by atoms with Crippen LogP contribution in [0.15, 0.2) is 83.3 Å². The van der Waals surface area contributed by atoms with Gasteiger partial charge in [0.15, 0.2) is 0 Å². The molecule has 3 aromatic rings. The van der Waals surface area contributed by atoms with E-state index in [1.807, 2.05) is 0 Å². The summed E-state index contributed by atoms with van der Waals surface area (Å²) >= 11 is 0. The third kappa shape index (κ3) is 4.76. The second-order valence-electron chi connectivity index (χ2n) is 5.48. The number of rotatable bonds is 6. The maximum absolute atomic E-state index is 12.1. The van der Waals surface area contributed by atoms with Gasteiger partial charge in [-0.15, -0.1) is 10.2 Å². The first kappa shape index (κ1) is 18.7. The molecule has 2 aromatic carbocycles. The van der Waals surface area contributed by atoms with E-state index in [0.29, 0.717) is 28.3 Å². The zero-order chi connectivity index (χ0) is 19.8. The fraction of sp³-hybridized carbons (Fsp3) is 0.0500. The van der Waals surface area contributed by atoms with Gasteiger partial charge in [-0.1, -0.05) is 12.1 Å². The van der Waals surface area contributed by atoms with Crippen LogP contribution in [0, 0.1) is 0 Å². The lowest BCUT2D eigenvalue weighted by Gasteiger charge is -2.09. The summed E-state index contributed by atoms with van der Waals surface area (Å²) in [4.78, 5) is 32.9. The Morgan fingerprint density at radius 3 is 2.39 bits per heavy atom. The molecule has 0 radical (unpaired) electrons. The van der Waals surface area contributed by atoms with E-state index in [1.54, 1.807) is 60.7 Å². The second-order valence-corrected chi connectivity index (χ2v) is 5.48. The molecule has 0 aliphatic heterocycles. The Hall–Kier alpha value is -4.07. The van der Waals surface area contributed by atoms with E-state index >= 15 is 0 Å². The molecule has 0 fully saturated rings. The Kier molecular flexibility index (Phi) is 6.04. The third-order valence-corrected chi connectivity index (χ3v) is 3.64. The van der Waals surface area contributed by atoms with Crippen molar-refractivity contribution < 1.29 is 19.2 Å².